The zero-order valence-electron chi connectivity index (χ0n) is 31.9. The van der Waals surface area contributed by atoms with Crippen molar-refractivity contribution >= 4 is 16.9 Å². The highest BCUT2D eigenvalue weighted by atomic mass is 15.2. The predicted molar refractivity (Wildman–Crippen MR) is 232 cm³/mol. The summed E-state index contributed by atoms with van der Waals surface area (Å²) in [7, 11) is 0. The van der Waals surface area contributed by atoms with E-state index in [2.05, 4.69) is 181 Å². The van der Waals surface area contributed by atoms with Crippen LogP contribution in [0.25, 0.3) is 5.57 Å². The van der Waals surface area contributed by atoms with Gasteiger partial charge in [0, 0.05) is 46.2 Å². The molecule has 56 heavy (non-hydrogen) atoms. The van der Waals surface area contributed by atoms with Crippen molar-refractivity contribution in [2.24, 2.45) is 29.6 Å². The fraction of sp³-hybridized carbons (Fsp3) is 0.236. The smallest absolute Gasteiger partial charge is 0.0458 e. The SMILES string of the molecule is C1=CCC(C2=CCC3C(=C2)C2=CC(C4=CCCC=C4)=CCC2C32c3cccc4c3C3=C(C=C(N(c5ccccc5)c5ccccc5)CC32)C2C=CC=CC42)C=C1. The first-order chi connectivity index (χ1) is 27.8. The standard InChI is InChI=1S/C55H47N/c1-5-16-36(17-6-1)38-28-30-49-46(32-38)47-33-39(37-18-7-2-8-19-37)29-31-50(47)55(49)51-27-15-26-45-43-24-13-14-25-44(43)48-34-42(35-52(55)54(48)53(45)51)56(40-20-9-3-10-21-40)41-22-11-4-12-23-41/h1,3-7,9-16,18-29,32-34,36,43-44,49-50,52H,2,8,17,30-31,35H2. The molecular formula is C55H47N. The molecule has 0 saturated heterocycles. The highest BCUT2D eigenvalue weighted by Gasteiger charge is 2.66. The number of hydrogen-bond acceptors (Lipinski definition) is 1. The van der Waals surface area contributed by atoms with E-state index in [0.717, 1.165) is 38.5 Å². The Labute approximate surface area is 331 Å². The molecule has 1 fully saturated rings. The summed E-state index contributed by atoms with van der Waals surface area (Å²) in [5.41, 5.74) is 19.4. The molecule has 1 saturated carbocycles. The van der Waals surface area contributed by atoms with E-state index in [0.29, 0.717) is 35.5 Å². The topological polar surface area (TPSA) is 3.24 Å². The molecule has 0 aliphatic heterocycles. The van der Waals surface area contributed by atoms with E-state index >= 15 is 0 Å². The summed E-state index contributed by atoms with van der Waals surface area (Å²) in [5.74, 6) is 2.33. The van der Waals surface area contributed by atoms with Gasteiger partial charge < -0.3 is 4.90 Å². The van der Waals surface area contributed by atoms with Crippen molar-refractivity contribution in [2.75, 3.05) is 4.90 Å². The summed E-state index contributed by atoms with van der Waals surface area (Å²) < 4.78 is 0. The summed E-state index contributed by atoms with van der Waals surface area (Å²) >= 11 is 0. The van der Waals surface area contributed by atoms with E-state index in [1.165, 1.54) is 33.8 Å². The molecule has 3 aromatic rings. The Bertz CT molecular complexity index is 2510. The minimum atomic E-state index is -0.0494. The second kappa shape index (κ2) is 12.7. The van der Waals surface area contributed by atoms with Crippen LogP contribution >= 0.6 is 0 Å². The average molecular weight is 722 g/mol. The van der Waals surface area contributed by atoms with Crippen LogP contribution in [-0.4, -0.2) is 0 Å². The van der Waals surface area contributed by atoms with Crippen LogP contribution in [0.15, 0.2) is 215 Å². The van der Waals surface area contributed by atoms with E-state index in [1.54, 1.807) is 39.0 Å². The number of rotatable bonds is 5. The number of allylic oxidation sites excluding steroid dienone is 24. The van der Waals surface area contributed by atoms with Crippen LogP contribution in [0.4, 0.5) is 11.4 Å². The third-order valence-corrected chi connectivity index (χ3v) is 14.7. The molecule has 1 heteroatoms. The molecule has 0 heterocycles. The molecule has 0 radical (unpaired) electrons. The Balaban J connectivity index is 1.10. The number of fused-ring (bicyclic) bond motifs is 10. The molecule has 1 spiro atoms. The van der Waals surface area contributed by atoms with Gasteiger partial charge in [0.25, 0.3) is 0 Å². The van der Waals surface area contributed by atoms with Crippen molar-refractivity contribution < 1.29 is 0 Å². The second-order valence-corrected chi connectivity index (χ2v) is 17.2. The lowest BCUT2D eigenvalue weighted by Gasteiger charge is -2.47. The summed E-state index contributed by atoms with van der Waals surface area (Å²) in [6.45, 7) is 0. The third kappa shape index (κ3) is 4.61. The number of para-hydroxylation sites is 2. The Morgan fingerprint density at radius 2 is 1.32 bits per heavy atom. The van der Waals surface area contributed by atoms with Gasteiger partial charge in [0.15, 0.2) is 0 Å². The quantitative estimate of drug-likeness (QED) is 0.254. The Morgan fingerprint density at radius 3 is 2.07 bits per heavy atom. The largest absolute Gasteiger partial charge is 0.314 e. The van der Waals surface area contributed by atoms with Crippen molar-refractivity contribution in [1.29, 1.82) is 0 Å². The van der Waals surface area contributed by atoms with E-state index in [-0.39, 0.29) is 5.41 Å². The summed E-state index contributed by atoms with van der Waals surface area (Å²) in [6, 6.07) is 29.7. The molecule has 12 rings (SSSR count). The first kappa shape index (κ1) is 32.6. The lowest BCUT2D eigenvalue weighted by molar-refractivity contribution is 0.205. The Hall–Kier alpha value is -5.66. The van der Waals surface area contributed by atoms with Gasteiger partial charge in [-0.2, -0.15) is 0 Å². The van der Waals surface area contributed by atoms with E-state index in [4.69, 9.17) is 0 Å². The monoisotopic (exact) mass is 721 g/mol. The molecule has 7 unspecified atom stereocenters. The molecule has 0 amide bonds. The maximum absolute atomic E-state index is 2.68. The van der Waals surface area contributed by atoms with Crippen LogP contribution in [0.5, 0.6) is 0 Å². The summed E-state index contributed by atoms with van der Waals surface area (Å²) in [6.07, 6.45) is 45.9. The summed E-state index contributed by atoms with van der Waals surface area (Å²) in [4.78, 5) is 2.58. The number of benzene rings is 3. The molecule has 9 aliphatic rings. The minimum Gasteiger partial charge on any atom is -0.314 e. The lowest BCUT2D eigenvalue weighted by Crippen LogP contribution is -2.43. The van der Waals surface area contributed by atoms with Gasteiger partial charge in [-0.3, -0.25) is 0 Å². The first-order valence-electron chi connectivity index (χ1n) is 21.2. The number of nitrogens with zero attached hydrogens (tertiary/aromatic N) is 1. The van der Waals surface area contributed by atoms with Crippen molar-refractivity contribution in [3.8, 4) is 0 Å². The van der Waals surface area contributed by atoms with Crippen molar-refractivity contribution in [3.05, 3.63) is 232 Å². The van der Waals surface area contributed by atoms with Gasteiger partial charge in [-0.25, -0.2) is 0 Å². The predicted octanol–water partition coefficient (Wildman–Crippen LogP) is 13.4. The lowest BCUT2D eigenvalue weighted by atomic mass is 9.57. The van der Waals surface area contributed by atoms with Gasteiger partial charge in [0.1, 0.15) is 0 Å². The fourth-order valence-corrected chi connectivity index (χ4v) is 12.6. The molecule has 1 nitrogen and oxygen atoms in total. The Kier molecular flexibility index (Phi) is 7.38. The van der Waals surface area contributed by atoms with Gasteiger partial charge in [-0.05, 0) is 136 Å². The van der Waals surface area contributed by atoms with Crippen LogP contribution < -0.4 is 4.90 Å². The zero-order chi connectivity index (χ0) is 36.8. The molecule has 0 N–H and O–H groups in total. The van der Waals surface area contributed by atoms with Crippen LogP contribution in [0.1, 0.15) is 61.1 Å². The van der Waals surface area contributed by atoms with Crippen LogP contribution in [0.3, 0.4) is 0 Å². The average Bonchev–Trinajstić information content (AvgIpc) is 3.74. The third-order valence-electron chi connectivity index (χ3n) is 14.7. The molecule has 272 valence electrons. The van der Waals surface area contributed by atoms with Crippen molar-refractivity contribution in [2.45, 2.75) is 49.9 Å². The van der Waals surface area contributed by atoms with Gasteiger partial charge >= 0.3 is 0 Å². The molecule has 9 aliphatic carbocycles. The van der Waals surface area contributed by atoms with Gasteiger partial charge in [0.2, 0.25) is 0 Å². The first-order valence-corrected chi connectivity index (χ1v) is 21.2. The normalized spacial score (nSPS) is 31.1. The number of anilines is 2. The highest BCUT2D eigenvalue weighted by Crippen LogP contribution is 2.73. The van der Waals surface area contributed by atoms with Gasteiger partial charge in [-0.15, -0.1) is 0 Å². The zero-order valence-corrected chi connectivity index (χ0v) is 31.9. The Morgan fingerprint density at radius 1 is 0.571 bits per heavy atom. The maximum Gasteiger partial charge on any atom is 0.0458 e. The van der Waals surface area contributed by atoms with Crippen molar-refractivity contribution in [3.63, 3.8) is 0 Å². The molecule has 0 bridgehead atoms. The molecule has 0 aromatic heterocycles. The molecule has 3 aromatic carbocycles. The molecule has 7 atom stereocenters. The van der Waals surface area contributed by atoms with E-state index in [1.807, 2.05) is 0 Å². The van der Waals surface area contributed by atoms with Crippen molar-refractivity contribution in [1.82, 2.24) is 0 Å². The van der Waals surface area contributed by atoms with Gasteiger partial charge in [-0.1, -0.05) is 146 Å². The second-order valence-electron chi connectivity index (χ2n) is 17.2. The highest BCUT2D eigenvalue weighted by molar-refractivity contribution is 5.90. The number of hydrogen-bond donors (Lipinski definition) is 0. The fourth-order valence-electron chi connectivity index (χ4n) is 12.6. The van der Waals surface area contributed by atoms with Crippen LogP contribution in [0, 0.1) is 29.6 Å². The van der Waals surface area contributed by atoms with E-state index in [9.17, 15) is 0 Å². The van der Waals surface area contributed by atoms with E-state index < -0.39 is 0 Å². The van der Waals surface area contributed by atoms with Crippen LogP contribution in [-0.2, 0) is 5.41 Å². The summed E-state index contributed by atoms with van der Waals surface area (Å²) in [5, 5.41) is 0. The molecular weight excluding hydrogens is 675 g/mol. The minimum absolute atomic E-state index is 0.0494. The maximum atomic E-state index is 2.68. The van der Waals surface area contributed by atoms with Crippen LogP contribution in [0.2, 0.25) is 0 Å². The van der Waals surface area contributed by atoms with Gasteiger partial charge in [0.05, 0.1) is 0 Å².